The first kappa shape index (κ1) is 20.0. The average Bonchev–Trinajstić information content (AvgIpc) is 2.67. The summed E-state index contributed by atoms with van der Waals surface area (Å²) in [7, 11) is 0. The number of benzene rings is 2. The number of nitrogens with one attached hydrogen (secondary N) is 2. The van der Waals surface area contributed by atoms with Gasteiger partial charge in [-0.15, -0.1) is 0 Å². The van der Waals surface area contributed by atoms with Crippen LogP contribution in [0.1, 0.15) is 34.6 Å². The summed E-state index contributed by atoms with van der Waals surface area (Å²) in [5, 5.41) is 5.69. The van der Waals surface area contributed by atoms with Crippen molar-refractivity contribution in [2.45, 2.75) is 13.8 Å². The Morgan fingerprint density at radius 1 is 0.926 bits per heavy atom. The third-order valence-electron chi connectivity index (χ3n) is 4.04. The van der Waals surface area contributed by atoms with Gasteiger partial charge in [-0.1, -0.05) is 12.1 Å². The first-order valence-corrected chi connectivity index (χ1v) is 8.77. The molecule has 0 bridgehead atoms. The number of rotatable bonds is 8. The normalized spacial score (nSPS) is 10.1. The molecule has 4 N–H and O–H groups in total. The number of nitrogens with zero attached hydrogens (tertiary/aromatic N) is 1. The van der Waals surface area contributed by atoms with Gasteiger partial charge in [0.25, 0.3) is 5.91 Å². The first-order valence-electron chi connectivity index (χ1n) is 8.77. The highest BCUT2D eigenvalue weighted by Crippen LogP contribution is 2.13. The van der Waals surface area contributed by atoms with E-state index in [1.54, 1.807) is 47.4 Å². The van der Waals surface area contributed by atoms with Gasteiger partial charge in [-0.3, -0.25) is 14.4 Å². The van der Waals surface area contributed by atoms with E-state index in [1.165, 1.54) is 6.07 Å². The third-order valence-corrected chi connectivity index (χ3v) is 4.04. The zero-order chi connectivity index (χ0) is 19.8. The van der Waals surface area contributed by atoms with Crippen molar-refractivity contribution in [3.05, 3.63) is 59.7 Å². The van der Waals surface area contributed by atoms with Crippen molar-refractivity contribution >= 4 is 29.1 Å². The lowest BCUT2D eigenvalue weighted by molar-refractivity contribution is -0.114. The first-order chi connectivity index (χ1) is 12.9. The van der Waals surface area contributed by atoms with Crippen LogP contribution in [0.5, 0.6) is 0 Å². The number of anilines is 2. The smallest absolute Gasteiger partial charge is 0.253 e. The van der Waals surface area contributed by atoms with Crippen LogP contribution in [-0.4, -0.2) is 42.3 Å². The Morgan fingerprint density at radius 3 is 2.15 bits per heavy atom. The predicted octanol–water partition coefficient (Wildman–Crippen LogP) is 2.32. The SMILES string of the molecule is CCN(CC)C(=O)c1cccc(NCC(=O)Nc2cccc(C(N)=O)c2)c1. The highest BCUT2D eigenvalue weighted by atomic mass is 16.2. The summed E-state index contributed by atoms with van der Waals surface area (Å²) in [4.78, 5) is 37.5. The third kappa shape index (κ3) is 5.57. The molecule has 0 aliphatic heterocycles. The molecule has 0 aromatic heterocycles. The molecule has 3 amide bonds. The second kappa shape index (κ2) is 9.38. The zero-order valence-corrected chi connectivity index (χ0v) is 15.5. The number of hydrogen-bond acceptors (Lipinski definition) is 4. The van der Waals surface area contributed by atoms with E-state index in [9.17, 15) is 14.4 Å². The Labute approximate surface area is 158 Å². The largest absolute Gasteiger partial charge is 0.376 e. The topological polar surface area (TPSA) is 105 Å². The standard InChI is InChI=1S/C20H24N4O3/c1-3-24(4-2)20(27)15-8-6-9-16(12-15)22-13-18(25)23-17-10-5-7-14(11-17)19(21)26/h5-12,22H,3-4,13H2,1-2H3,(H2,21,26)(H,23,25). The summed E-state index contributed by atoms with van der Waals surface area (Å²) in [6.07, 6.45) is 0. The van der Waals surface area contributed by atoms with Crippen LogP contribution in [0.25, 0.3) is 0 Å². The van der Waals surface area contributed by atoms with E-state index >= 15 is 0 Å². The molecule has 0 heterocycles. The van der Waals surface area contributed by atoms with Gasteiger partial charge < -0.3 is 21.3 Å². The van der Waals surface area contributed by atoms with E-state index in [2.05, 4.69) is 10.6 Å². The summed E-state index contributed by atoms with van der Waals surface area (Å²) >= 11 is 0. The Bertz CT molecular complexity index is 831. The van der Waals surface area contributed by atoms with E-state index in [1.807, 2.05) is 13.8 Å². The van der Waals surface area contributed by atoms with Crippen molar-refractivity contribution in [2.24, 2.45) is 5.73 Å². The molecule has 0 saturated heterocycles. The van der Waals surface area contributed by atoms with Gasteiger partial charge in [0.15, 0.2) is 0 Å². The molecule has 2 aromatic rings. The molecule has 0 atom stereocenters. The van der Waals surface area contributed by atoms with E-state index in [-0.39, 0.29) is 18.4 Å². The fourth-order valence-electron chi connectivity index (χ4n) is 2.59. The van der Waals surface area contributed by atoms with Crippen LogP contribution in [0.4, 0.5) is 11.4 Å². The van der Waals surface area contributed by atoms with Crippen molar-refractivity contribution in [1.82, 2.24) is 4.90 Å². The maximum atomic E-state index is 12.4. The van der Waals surface area contributed by atoms with Crippen LogP contribution in [0.15, 0.2) is 48.5 Å². The fourth-order valence-corrected chi connectivity index (χ4v) is 2.59. The number of carbonyl (C=O) groups is 3. The Kier molecular flexibility index (Phi) is 6.93. The monoisotopic (exact) mass is 368 g/mol. The summed E-state index contributed by atoms with van der Waals surface area (Å²) in [5.41, 5.74) is 7.29. The lowest BCUT2D eigenvalue weighted by Gasteiger charge is -2.19. The van der Waals surface area contributed by atoms with Gasteiger partial charge in [0.1, 0.15) is 0 Å². The number of hydrogen-bond donors (Lipinski definition) is 3. The second-order valence-electron chi connectivity index (χ2n) is 5.91. The van der Waals surface area contributed by atoms with Crippen molar-refractivity contribution < 1.29 is 14.4 Å². The minimum Gasteiger partial charge on any atom is -0.376 e. The average molecular weight is 368 g/mol. The zero-order valence-electron chi connectivity index (χ0n) is 15.5. The lowest BCUT2D eigenvalue weighted by atomic mass is 10.1. The molecule has 0 saturated carbocycles. The highest BCUT2D eigenvalue weighted by Gasteiger charge is 2.13. The molecular weight excluding hydrogens is 344 g/mol. The minimum atomic E-state index is -0.557. The molecule has 0 aliphatic rings. The molecule has 2 rings (SSSR count). The van der Waals surface area contributed by atoms with Gasteiger partial charge in [-0.25, -0.2) is 0 Å². The maximum Gasteiger partial charge on any atom is 0.253 e. The molecular formula is C20H24N4O3. The van der Waals surface area contributed by atoms with Crippen LogP contribution in [0, 0.1) is 0 Å². The molecule has 0 spiro atoms. The van der Waals surface area contributed by atoms with Crippen LogP contribution in [0.3, 0.4) is 0 Å². The van der Waals surface area contributed by atoms with Crippen LogP contribution < -0.4 is 16.4 Å². The van der Waals surface area contributed by atoms with Crippen LogP contribution in [-0.2, 0) is 4.79 Å². The lowest BCUT2D eigenvalue weighted by Crippen LogP contribution is -2.30. The Hall–Kier alpha value is -3.35. The summed E-state index contributed by atoms with van der Waals surface area (Å²) in [6.45, 7) is 5.16. The van der Waals surface area contributed by atoms with Gasteiger partial charge in [0.2, 0.25) is 11.8 Å². The Balaban J connectivity index is 1.97. The molecule has 7 heteroatoms. The van der Waals surface area contributed by atoms with Gasteiger partial charge in [-0.2, -0.15) is 0 Å². The molecule has 2 aromatic carbocycles. The van der Waals surface area contributed by atoms with Crippen molar-refractivity contribution in [3.8, 4) is 0 Å². The number of carbonyl (C=O) groups excluding carboxylic acids is 3. The van der Waals surface area contributed by atoms with Crippen molar-refractivity contribution in [3.63, 3.8) is 0 Å². The summed E-state index contributed by atoms with van der Waals surface area (Å²) < 4.78 is 0. The summed E-state index contributed by atoms with van der Waals surface area (Å²) in [5.74, 6) is -0.882. The number of amides is 3. The highest BCUT2D eigenvalue weighted by molar-refractivity contribution is 5.98. The molecule has 142 valence electrons. The number of nitrogens with two attached hydrogens (primary N) is 1. The van der Waals surface area contributed by atoms with Gasteiger partial charge in [0, 0.05) is 35.6 Å². The van der Waals surface area contributed by atoms with Crippen LogP contribution >= 0.6 is 0 Å². The molecule has 27 heavy (non-hydrogen) atoms. The van der Waals surface area contributed by atoms with Gasteiger partial charge >= 0.3 is 0 Å². The maximum absolute atomic E-state index is 12.4. The molecule has 0 unspecified atom stereocenters. The van der Waals surface area contributed by atoms with E-state index in [4.69, 9.17) is 5.73 Å². The van der Waals surface area contributed by atoms with E-state index in [0.29, 0.717) is 35.6 Å². The second-order valence-corrected chi connectivity index (χ2v) is 5.91. The van der Waals surface area contributed by atoms with Crippen molar-refractivity contribution in [1.29, 1.82) is 0 Å². The molecule has 7 nitrogen and oxygen atoms in total. The molecule has 0 radical (unpaired) electrons. The van der Waals surface area contributed by atoms with Crippen molar-refractivity contribution in [2.75, 3.05) is 30.3 Å². The van der Waals surface area contributed by atoms with Crippen LogP contribution in [0.2, 0.25) is 0 Å². The van der Waals surface area contributed by atoms with Gasteiger partial charge in [-0.05, 0) is 50.2 Å². The van der Waals surface area contributed by atoms with Gasteiger partial charge in [0.05, 0.1) is 6.54 Å². The quantitative estimate of drug-likeness (QED) is 0.665. The molecule has 0 aliphatic carbocycles. The number of primary amides is 1. The summed E-state index contributed by atoms with van der Waals surface area (Å²) in [6, 6.07) is 13.5. The minimum absolute atomic E-state index is 0.0176. The Morgan fingerprint density at radius 2 is 1.52 bits per heavy atom. The molecule has 0 fully saturated rings. The van der Waals surface area contributed by atoms with E-state index in [0.717, 1.165) is 0 Å². The fraction of sp³-hybridized carbons (Fsp3) is 0.250. The predicted molar refractivity (Wildman–Crippen MR) is 106 cm³/mol. The van der Waals surface area contributed by atoms with E-state index < -0.39 is 5.91 Å².